The number of carbonyl (C=O) groups excluding carboxylic acids is 2. The third-order valence-corrected chi connectivity index (χ3v) is 6.97. The van der Waals surface area contributed by atoms with Crippen molar-refractivity contribution in [1.29, 1.82) is 0 Å². The van der Waals surface area contributed by atoms with Crippen molar-refractivity contribution in [2.45, 2.75) is 38.2 Å². The Balaban J connectivity index is 1.62. The molecule has 0 spiro atoms. The van der Waals surface area contributed by atoms with E-state index < -0.39 is 0 Å². The van der Waals surface area contributed by atoms with E-state index in [1.165, 1.54) is 11.8 Å². The lowest BCUT2D eigenvalue weighted by molar-refractivity contribution is -0.112. The van der Waals surface area contributed by atoms with Gasteiger partial charge in [-0.2, -0.15) is 0 Å². The Morgan fingerprint density at radius 1 is 1.13 bits per heavy atom. The largest absolute Gasteiger partial charge is 0.374 e. The van der Waals surface area contributed by atoms with E-state index >= 15 is 0 Å². The second kappa shape index (κ2) is 9.67. The molecule has 1 saturated heterocycles. The molecule has 1 N–H and O–H groups in total. The van der Waals surface area contributed by atoms with Gasteiger partial charge in [0.25, 0.3) is 5.91 Å². The molecule has 0 saturated carbocycles. The Labute approximate surface area is 187 Å². The fraction of sp³-hybridized carbons (Fsp3) is 0.308. The van der Waals surface area contributed by atoms with Gasteiger partial charge in [0.2, 0.25) is 0 Å². The number of ether oxygens (including phenoxy) is 1. The van der Waals surface area contributed by atoms with Gasteiger partial charge in [0, 0.05) is 29.4 Å². The normalized spacial score (nSPS) is 20.7. The van der Waals surface area contributed by atoms with E-state index in [-0.39, 0.29) is 23.7 Å². The zero-order valence-corrected chi connectivity index (χ0v) is 18.5. The standard InChI is InChI=1S/C26H27NO3S/c1-3-17(2)24(28)23-21(18-9-5-4-6-10-18)16-31-26(23)27-25(29)20-12-7-11-19(15-20)22-13-8-14-30-22/h4-7,9-12,15,21-22H,2-3,8,13-14,16H2,1H3,(H,27,29). The Bertz CT molecular complexity index is 1020. The lowest BCUT2D eigenvalue weighted by Gasteiger charge is -2.16. The Morgan fingerprint density at radius 2 is 1.90 bits per heavy atom. The number of amides is 1. The summed E-state index contributed by atoms with van der Waals surface area (Å²) < 4.78 is 5.76. The van der Waals surface area contributed by atoms with Crippen LogP contribution in [0.4, 0.5) is 0 Å². The predicted octanol–water partition coefficient (Wildman–Crippen LogP) is 5.55. The lowest BCUT2D eigenvalue weighted by atomic mass is 9.88. The maximum absolute atomic E-state index is 13.2. The Morgan fingerprint density at radius 3 is 2.61 bits per heavy atom. The molecule has 2 heterocycles. The Kier molecular flexibility index (Phi) is 6.73. The second-order valence-electron chi connectivity index (χ2n) is 7.88. The van der Waals surface area contributed by atoms with Crippen molar-refractivity contribution in [3.8, 4) is 0 Å². The van der Waals surface area contributed by atoms with Gasteiger partial charge >= 0.3 is 0 Å². The van der Waals surface area contributed by atoms with Crippen molar-refractivity contribution in [2.75, 3.05) is 12.4 Å². The molecule has 2 aliphatic rings. The number of hydrogen-bond donors (Lipinski definition) is 1. The van der Waals surface area contributed by atoms with Crippen LogP contribution in [-0.2, 0) is 9.53 Å². The van der Waals surface area contributed by atoms with Crippen LogP contribution in [0.2, 0.25) is 0 Å². The minimum Gasteiger partial charge on any atom is -0.374 e. The fourth-order valence-corrected chi connectivity index (χ4v) is 5.29. The number of hydrogen-bond acceptors (Lipinski definition) is 4. The van der Waals surface area contributed by atoms with Crippen LogP contribution in [0.3, 0.4) is 0 Å². The van der Waals surface area contributed by atoms with Crippen molar-refractivity contribution >= 4 is 23.5 Å². The number of Topliss-reactive ketones (excluding diaryl/α,β-unsaturated/α-hetero) is 1. The van der Waals surface area contributed by atoms with Crippen LogP contribution in [0.5, 0.6) is 0 Å². The molecule has 2 unspecified atom stereocenters. The lowest BCUT2D eigenvalue weighted by Crippen LogP contribution is -2.24. The maximum Gasteiger partial charge on any atom is 0.256 e. The Hall–Kier alpha value is -2.63. The molecule has 4 nitrogen and oxygen atoms in total. The monoisotopic (exact) mass is 433 g/mol. The van der Waals surface area contributed by atoms with Gasteiger partial charge in [-0.15, -0.1) is 11.8 Å². The van der Waals surface area contributed by atoms with Crippen LogP contribution in [0, 0.1) is 0 Å². The predicted molar refractivity (Wildman–Crippen MR) is 125 cm³/mol. The summed E-state index contributed by atoms with van der Waals surface area (Å²) in [5.74, 6) is 0.386. The smallest absolute Gasteiger partial charge is 0.256 e. The number of rotatable bonds is 7. The number of carbonyl (C=O) groups is 2. The first-order chi connectivity index (χ1) is 15.1. The molecule has 2 aliphatic heterocycles. The summed E-state index contributed by atoms with van der Waals surface area (Å²) in [5, 5.41) is 3.66. The summed E-state index contributed by atoms with van der Waals surface area (Å²) >= 11 is 1.52. The van der Waals surface area contributed by atoms with E-state index in [1.807, 2.05) is 55.5 Å². The van der Waals surface area contributed by atoms with Crippen LogP contribution >= 0.6 is 11.8 Å². The van der Waals surface area contributed by atoms with Gasteiger partial charge in [-0.05, 0) is 48.1 Å². The van der Waals surface area contributed by atoms with Crippen LogP contribution in [-0.4, -0.2) is 24.1 Å². The fourth-order valence-electron chi connectivity index (χ4n) is 4.05. The molecule has 0 aliphatic carbocycles. The number of thioether (sulfide) groups is 1. The SMILES string of the molecule is C=C(CC)C(=O)C1=C(NC(=O)c2cccc(C3CCCO3)c2)SCC1c1ccccc1. The number of benzene rings is 2. The van der Waals surface area contributed by atoms with Gasteiger partial charge in [0.15, 0.2) is 5.78 Å². The number of ketones is 1. The molecule has 160 valence electrons. The number of allylic oxidation sites excluding steroid dienone is 2. The van der Waals surface area contributed by atoms with Gasteiger partial charge in [-0.3, -0.25) is 9.59 Å². The van der Waals surface area contributed by atoms with Crippen molar-refractivity contribution in [2.24, 2.45) is 0 Å². The minimum atomic E-state index is -0.205. The van der Waals surface area contributed by atoms with Crippen molar-refractivity contribution in [3.63, 3.8) is 0 Å². The molecule has 0 radical (unpaired) electrons. The van der Waals surface area contributed by atoms with Crippen LogP contribution < -0.4 is 5.32 Å². The van der Waals surface area contributed by atoms with E-state index in [4.69, 9.17) is 4.74 Å². The maximum atomic E-state index is 13.2. The first kappa shape index (κ1) is 21.6. The van der Waals surface area contributed by atoms with E-state index in [0.717, 1.165) is 30.6 Å². The first-order valence-electron chi connectivity index (χ1n) is 10.8. The summed E-state index contributed by atoms with van der Waals surface area (Å²) in [4.78, 5) is 26.3. The molecule has 2 aromatic rings. The highest BCUT2D eigenvalue weighted by atomic mass is 32.2. The molecule has 2 atom stereocenters. The van der Waals surface area contributed by atoms with Crippen molar-refractivity contribution < 1.29 is 14.3 Å². The molecular weight excluding hydrogens is 406 g/mol. The molecule has 0 bridgehead atoms. The highest BCUT2D eigenvalue weighted by Gasteiger charge is 2.34. The highest BCUT2D eigenvalue weighted by molar-refractivity contribution is 8.03. The van der Waals surface area contributed by atoms with Crippen LogP contribution in [0.15, 0.2) is 77.4 Å². The molecular formula is C26H27NO3S. The number of nitrogens with one attached hydrogen (secondary N) is 1. The molecule has 0 aromatic heterocycles. The van der Waals surface area contributed by atoms with Crippen LogP contribution in [0.1, 0.15) is 59.7 Å². The first-order valence-corrected chi connectivity index (χ1v) is 11.7. The highest BCUT2D eigenvalue weighted by Crippen LogP contribution is 2.42. The van der Waals surface area contributed by atoms with E-state index in [9.17, 15) is 9.59 Å². The summed E-state index contributed by atoms with van der Waals surface area (Å²) in [6.45, 7) is 6.64. The topological polar surface area (TPSA) is 55.4 Å². The second-order valence-corrected chi connectivity index (χ2v) is 8.91. The van der Waals surface area contributed by atoms with Gasteiger partial charge < -0.3 is 10.1 Å². The zero-order valence-electron chi connectivity index (χ0n) is 17.7. The molecule has 5 heteroatoms. The minimum absolute atomic E-state index is 0.0558. The molecule has 1 amide bonds. The molecule has 1 fully saturated rings. The molecule has 4 rings (SSSR count). The molecule has 31 heavy (non-hydrogen) atoms. The van der Waals surface area contributed by atoms with E-state index in [2.05, 4.69) is 11.9 Å². The summed E-state index contributed by atoms with van der Waals surface area (Å²) in [5.41, 5.74) is 3.88. The third-order valence-electron chi connectivity index (χ3n) is 5.86. The van der Waals surface area contributed by atoms with Crippen molar-refractivity contribution in [3.05, 3.63) is 94.0 Å². The summed E-state index contributed by atoms with van der Waals surface area (Å²) in [6.07, 6.45) is 2.65. The van der Waals surface area contributed by atoms with E-state index in [1.54, 1.807) is 6.07 Å². The summed E-state index contributed by atoms with van der Waals surface area (Å²) in [7, 11) is 0. The van der Waals surface area contributed by atoms with Gasteiger partial charge in [-0.25, -0.2) is 0 Å². The van der Waals surface area contributed by atoms with Gasteiger partial charge in [0.1, 0.15) is 0 Å². The third kappa shape index (κ3) is 4.68. The van der Waals surface area contributed by atoms with E-state index in [0.29, 0.717) is 33.9 Å². The van der Waals surface area contributed by atoms with Gasteiger partial charge in [-0.1, -0.05) is 56.0 Å². The summed E-state index contributed by atoms with van der Waals surface area (Å²) in [6, 6.07) is 17.6. The van der Waals surface area contributed by atoms with Gasteiger partial charge in [0.05, 0.1) is 11.1 Å². The molecule has 2 aromatic carbocycles. The van der Waals surface area contributed by atoms with Crippen molar-refractivity contribution in [1.82, 2.24) is 5.32 Å². The average Bonchev–Trinajstić information content (AvgIpc) is 3.49. The zero-order chi connectivity index (χ0) is 21.8. The average molecular weight is 434 g/mol. The quantitative estimate of drug-likeness (QED) is 0.582. The van der Waals surface area contributed by atoms with Crippen LogP contribution in [0.25, 0.3) is 0 Å².